The maximum absolute atomic E-state index is 9.97. The monoisotopic (exact) mass is 271 g/mol. The molecule has 0 radical (unpaired) electrons. The molecule has 3 nitrogen and oxygen atoms in total. The summed E-state index contributed by atoms with van der Waals surface area (Å²) in [6.07, 6.45) is 1.10. The standard InChI is InChI=1S/C12H11Cl2NO2/c13-6-2-1-3-7(14)10(6)12-11-8(16)4-5-9(11)17-15-12/h1-3,8-9,11,16H,4-5H2/t8-,9-,11+/m1/s1. The Bertz CT molecular complexity index is 469. The third kappa shape index (κ3) is 1.73. The molecule has 1 aliphatic heterocycles. The van der Waals surface area contributed by atoms with E-state index in [9.17, 15) is 5.11 Å². The van der Waals surface area contributed by atoms with Crippen LogP contribution < -0.4 is 0 Å². The van der Waals surface area contributed by atoms with Gasteiger partial charge in [-0.05, 0) is 25.0 Å². The summed E-state index contributed by atoms with van der Waals surface area (Å²) in [4.78, 5) is 5.33. The highest BCUT2D eigenvalue weighted by Crippen LogP contribution is 2.39. The van der Waals surface area contributed by atoms with Gasteiger partial charge in [-0.15, -0.1) is 0 Å². The minimum absolute atomic E-state index is 0.0349. The molecule has 2 aliphatic rings. The number of halogens is 2. The lowest BCUT2D eigenvalue weighted by molar-refractivity contribution is 0.0583. The maximum Gasteiger partial charge on any atom is 0.138 e. The van der Waals surface area contributed by atoms with Gasteiger partial charge in [0.15, 0.2) is 0 Å². The first kappa shape index (κ1) is 11.3. The summed E-state index contributed by atoms with van der Waals surface area (Å²) in [6, 6.07) is 5.31. The zero-order valence-corrected chi connectivity index (χ0v) is 10.4. The molecular formula is C12H11Cl2NO2. The van der Waals surface area contributed by atoms with Crippen molar-refractivity contribution in [3.05, 3.63) is 33.8 Å². The summed E-state index contributed by atoms with van der Waals surface area (Å²) < 4.78 is 0. The minimum Gasteiger partial charge on any atom is -0.392 e. The fraction of sp³-hybridized carbons (Fsp3) is 0.417. The van der Waals surface area contributed by atoms with Crippen molar-refractivity contribution >= 4 is 28.9 Å². The third-order valence-electron chi connectivity index (χ3n) is 3.38. The lowest BCUT2D eigenvalue weighted by Gasteiger charge is -2.15. The number of oxime groups is 1. The van der Waals surface area contributed by atoms with Crippen molar-refractivity contribution in [3.8, 4) is 0 Å². The van der Waals surface area contributed by atoms with E-state index >= 15 is 0 Å². The first-order valence-corrected chi connectivity index (χ1v) is 6.30. The molecular weight excluding hydrogens is 261 g/mol. The Morgan fingerprint density at radius 2 is 1.94 bits per heavy atom. The molecule has 0 spiro atoms. The van der Waals surface area contributed by atoms with Gasteiger partial charge in [-0.25, -0.2) is 0 Å². The Kier molecular flexibility index (Phi) is 2.77. The van der Waals surface area contributed by atoms with E-state index in [1.54, 1.807) is 18.2 Å². The highest BCUT2D eigenvalue weighted by molar-refractivity contribution is 6.40. The molecule has 0 saturated heterocycles. The molecule has 90 valence electrons. The van der Waals surface area contributed by atoms with Crippen LogP contribution in [0.25, 0.3) is 0 Å². The molecule has 1 saturated carbocycles. The largest absolute Gasteiger partial charge is 0.392 e. The van der Waals surface area contributed by atoms with Gasteiger partial charge in [0.1, 0.15) is 6.10 Å². The third-order valence-corrected chi connectivity index (χ3v) is 4.01. The molecule has 5 heteroatoms. The van der Waals surface area contributed by atoms with E-state index in [4.69, 9.17) is 28.0 Å². The van der Waals surface area contributed by atoms with Crippen LogP contribution in [0, 0.1) is 5.92 Å². The molecule has 17 heavy (non-hydrogen) atoms. The van der Waals surface area contributed by atoms with Crippen molar-refractivity contribution in [1.82, 2.24) is 0 Å². The topological polar surface area (TPSA) is 41.8 Å². The van der Waals surface area contributed by atoms with Crippen molar-refractivity contribution in [1.29, 1.82) is 0 Å². The summed E-state index contributed by atoms with van der Waals surface area (Å²) in [6.45, 7) is 0. The first-order valence-electron chi connectivity index (χ1n) is 5.54. The van der Waals surface area contributed by atoms with Gasteiger partial charge in [-0.2, -0.15) is 0 Å². The fourth-order valence-electron chi connectivity index (χ4n) is 2.56. The highest BCUT2D eigenvalue weighted by Gasteiger charge is 2.45. The van der Waals surface area contributed by atoms with E-state index in [1.807, 2.05) is 0 Å². The summed E-state index contributed by atoms with van der Waals surface area (Å²) in [5.41, 5.74) is 1.36. The van der Waals surface area contributed by atoms with E-state index in [1.165, 1.54) is 0 Å². The second-order valence-corrected chi connectivity index (χ2v) is 5.20. The number of rotatable bonds is 1. The van der Waals surface area contributed by atoms with Crippen LogP contribution in [0.1, 0.15) is 18.4 Å². The second kappa shape index (κ2) is 4.16. The van der Waals surface area contributed by atoms with Crippen LogP contribution in [-0.2, 0) is 4.84 Å². The van der Waals surface area contributed by atoms with Gasteiger partial charge in [-0.1, -0.05) is 34.4 Å². The zero-order valence-electron chi connectivity index (χ0n) is 8.94. The van der Waals surface area contributed by atoms with Gasteiger partial charge in [0, 0.05) is 5.56 Å². The predicted molar refractivity (Wildman–Crippen MR) is 66.6 cm³/mol. The van der Waals surface area contributed by atoms with E-state index in [0.717, 1.165) is 12.8 Å². The van der Waals surface area contributed by atoms with Crippen LogP contribution in [0.4, 0.5) is 0 Å². The number of aliphatic hydroxyl groups is 1. The Balaban J connectivity index is 2.05. The maximum atomic E-state index is 9.97. The SMILES string of the molecule is O[C@@H]1CC[C@H]2ON=C(c3c(Cl)cccc3Cl)[C@@H]12. The smallest absolute Gasteiger partial charge is 0.138 e. The molecule has 1 aliphatic carbocycles. The van der Waals surface area contributed by atoms with Crippen LogP contribution in [-0.4, -0.2) is 23.0 Å². The fourth-order valence-corrected chi connectivity index (χ4v) is 3.15. The molecule has 3 atom stereocenters. The van der Waals surface area contributed by atoms with Crippen LogP contribution in [0.2, 0.25) is 10.0 Å². The van der Waals surface area contributed by atoms with Crippen molar-refractivity contribution in [2.45, 2.75) is 25.0 Å². The highest BCUT2D eigenvalue weighted by atomic mass is 35.5. The van der Waals surface area contributed by atoms with Crippen LogP contribution in [0.5, 0.6) is 0 Å². The molecule has 0 bridgehead atoms. The van der Waals surface area contributed by atoms with Gasteiger partial charge in [-0.3, -0.25) is 0 Å². The van der Waals surface area contributed by atoms with Crippen LogP contribution in [0.3, 0.4) is 0 Å². The summed E-state index contributed by atoms with van der Waals surface area (Å²) in [5, 5.41) is 15.1. The Morgan fingerprint density at radius 3 is 2.65 bits per heavy atom. The number of hydrogen-bond acceptors (Lipinski definition) is 3. The Hall–Kier alpha value is -0.770. The lowest BCUT2D eigenvalue weighted by atomic mass is 9.93. The molecule has 1 N–H and O–H groups in total. The summed E-state index contributed by atoms with van der Waals surface area (Å²) >= 11 is 12.3. The molecule has 1 fully saturated rings. The second-order valence-electron chi connectivity index (χ2n) is 4.39. The molecule has 1 aromatic carbocycles. The molecule has 0 unspecified atom stereocenters. The van der Waals surface area contributed by atoms with E-state index < -0.39 is 6.10 Å². The molecule has 1 heterocycles. The average molecular weight is 272 g/mol. The Morgan fingerprint density at radius 1 is 1.24 bits per heavy atom. The van der Waals surface area contributed by atoms with Gasteiger partial charge >= 0.3 is 0 Å². The van der Waals surface area contributed by atoms with E-state index in [-0.39, 0.29) is 12.0 Å². The summed E-state index contributed by atoms with van der Waals surface area (Å²) in [5.74, 6) is -0.104. The number of benzene rings is 1. The van der Waals surface area contributed by atoms with Crippen LogP contribution >= 0.6 is 23.2 Å². The van der Waals surface area contributed by atoms with E-state index in [0.29, 0.717) is 21.3 Å². The normalized spacial score (nSPS) is 31.0. The predicted octanol–water partition coefficient (Wildman–Crippen LogP) is 2.87. The van der Waals surface area contributed by atoms with Crippen molar-refractivity contribution in [3.63, 3.8) is 0 Å². The number of nitrogens with zero attached hydrogens (tertiary/aromatic N) is 1. The van der Waals surface area contributed by atoms with Gasteiger partial charge in [0.25, 0.3) is 0 Å². The van der Waals surface area contributed by atoms with E-state index in [2.05, 4.69) is 5.16 Å². The molecule has 1 aromatic rings. The number of aliphatic hydroxyl groups excluding tert-OH is 1. The van der Waals surface area contributed by atoms with Gasteiger partial charge < -0.3 is 9.94 Å². The summed E-state index contributed by atoms with van der Waals surface area (Å²) in [7, 11) is 0. The molecule has 0 aromatic heterocycles. The number of hydrogen-bond donors (Lipinski definition) is 1. The first-order chi connectivity index (χ1) is 8.18. The Labute approximate surface area is 109 Å². The minimum atomic E-state index is -0.423. The lowest BCUT2D eigenvalue weighted by Crippen LogP contribution is -2.27. The quantitative estimate of drug-likeness (QED) is 0.854. The number of fused-ring (bicyclic) bond motifs is 1. The van der Waals surface area contributed by atoms with Crippen molar-refractivity contribution in [2.75, 3.05) is 0 Å². The van der Waals surface area contributed by atoms with Gasteiger partial charge in [0.2, 0.25) is 0 Å². The van der Waals surface area contributed by atoms with Crippen molar-refractivity contribution < 1.29 is 9.94 Å². The van der Waals surface area contributed by atoms with Gasteiger partial charge in [0.05, 0.1) is 27.8 Å². The molecule has 0 amide bonds. The average Bonchev–Trinajstić information content (AvgIpc) is 2.83. The van der Waals surface area contributed by atoms with Crippen molar-refractivity contribution in [2.24, 2.45) is 11.1 Å². The molecule has 3 rings (SSSR count). The zero-order chi connectivity index (χ0) is 12.0. The van der Waals surface area contributed by atoms with Crippen LogP contribution in [0.15, 0.2) is 23.4 Å².